The van der Waals surface area contributed by atoms with Gasteiger partial charge in [0.2, 0.25) is 5.91 Å². The molecule has 1 N–H and O–H groups in total. The van der Waals surface area contributed by atoms with E-state index in [4.69, 9.17) is 4.74 Å². The number of rotatable bonds is 6. The zero-order valence-electron chi connectivity index (χ0n) is 21.5. The average molecular weight is 471 g/mol. The largest absolute Gasteiger partial charge is 0.444 e. The summed E-state index contributed by atoms with van der Waals surface area (Å²) in [5.74, 6) is 0.898. The lowest BCUT2D eigenvalue weighted by molar-refractivity contribution is -0.115. The van der Waals surface area contributed by atoms with Gasteiger partial charge in [0.05, 0.1) is 24.0 Å². The summed E-state index contributed by atoms with van der Waals surface area (Å²) in [6, 6.07) is 3.76. The Bertz CT molecular complexity index is 999. The highest BCUT2D eigenvalue weighted by molar-refractivity contribution is 5.91. The van der Waals surface area contributed by atoms with E-state index in [1.54, 1.807) is 11.1 Å². The molecule has 0 radical (unpaired) electrons. The Labute approximate surface area is 202 Å². The Morgan fingerprint density at radius 3 is 2.35 bits per heavy atom. The maximum atomic E-state index is 12.7. The van der Waals surface area contributed by atoms with Crippen LogP contribution in [0.25, 0.3) is 0 Å². The van der Waals surface area contributed by atoms with E-state index < -0.39 is 5.60 Å². The summed E-state index contributed by atoms with van der Waals surface area (Å²) < 4.78 is 7.44. The van der Waals surface area contributed by atoms with Gasteiger partial charge in [0, 0.05) is 44.0 Å². The number of aromatic nitrogens is 3. The van der Waals surface area contributed by atoms with Crippen LogP contribution >= 0.6 is 0 Å². The number of carbonyl (C=O) groups excluding carboxylic acids is 2. The lowest BCUT2D eigenvalue weighted by Crippen LogP contribution is -2.50. The lowest BCUT2D eigenvalue weighted by Gasteiger charge is -2.36. The van der Waals surface area contributed by atoms with Crippen LogP contribution in [-0.4, -0.2) is 63.4 Å². The van der Waals surface area contributed by atoms with Gasteiger partial charge in [0.1, 0.15) is 11.4 Å². The van der Waals surface area contributed by atoms with E-state index in [2.05, 4.69) is 34.1 Å². The van der Waals surface area contributed by atoms with Crippen LogP contribution in [0.5, 0.6) is 0 Å². The summed E-state index contributed by atoms with van der Waals surface area (Å²) in [5, 5.41) is 7.48. The molecule has 9 heteroatoms. The molecule has 0 saturated carbocycles. The van der Waals surface area contributed by atoms with E-state index in [9.17, 15) is 9.59 Å². The van der Waals surface area contributed by atoms with E-state index in [1.165, 1.54) is 0 Å². The number of piperazine rings is 1. The number of nitrogens with one attached hydrogen (secondary N) is 1. The highest BCUT2D eigenvalue weighted by Gasteiger charge is 2.26. The van der Waals surface area contributed by atoms with Crippen molar-refractivity contribution in [2.24, 2.45) is 5.92 Å². The fourth-order valence-electron chi connectivity index (χ4n) is 3.98. The molecule has 2 aromatic heterocycles. The number of anilines is 2. The first kappa shape index (κ1) is 25.5. The number of hydrogen-bond acceptors (Lipinski definition) is 6. The topological polar surface area (TPSA) is 92.6 Å². The average Bonchev–Trinajstić information content (AvgIpc) is 3.00. The maximum absolute atomic E-state index is 12.7. The molecule has 1 fully saturated rings. The van der Waals surface area contributed by atoms with Crippen molar-refractivity contribution < 1.29 is 14.3 Å². The molecule has 0 atom stereocenters. The van der Waals surface area contributed by atoms with Gasteiger partial charge in [-0.05, 0) is 52.7 Å². The van der Waals surface area contributed by atoms with Crippen LogP contribution in [0.4, 0.5) is 16.3 Å². The second kappa shape index (κ2) is 10.4. The number of aryl methyl sites for hydroxylation is 1. The van der Waals surface area contributed by atoms with Crippen molar-refractivity contribution in [3.63, 3.8) is 0 Å². The number of carbonyl (C=O) groups is 2. The molecule has 0 spiro atoms. The zero-order chi connectivity index (χ0) is 25.0. The lowest BCUT2D eigenvalue weighted by atomic mass is 10.1. The fourth-order valence-corrected chi connectivity index (χ4v) is 3.98. The monoisotopic (exact) mass is 470 g/mol. The molecule has 2 aromatic rings. The third-order valence-corrected chi connectivity index (χ3v) is 5.72. The van der Waals surface area contributed by atoms with Crippen molar-refractivity contribution in [1.29, 1.82) is 0 Å². The molecule has 9 nitrogen and oxygen atoms in total. The first-order valence-corrected chi connectivity index (χ1v) is 11.9. The van der Waals surface area contributed by atoms with Crippen LogP contribution in [0.2, 0.25) is 0 Å². The molecular weight excluding hydrogens is 432 g/mol. The van der Waals surface area contributed by atoms with Gasteiger partial charge in [-0.25, -0.2) is 9.78 Å². The normalized spacial score (nSPS) is 14.5. The van der Waals surface area contributed by atoms with Crippen molar-refractivity contribution in [2.75, 3.05) is 36.4 Å². The minimum Gasteiger partial charge on any atom is -0.444 e. The summed E-state index contributed by atoms with van der Waals surface area (Å²) in [6.45, 7) is 17.3. The van der Waals surface area contributed by atoms with Gasteiger partial charge in [-0.15, -0.1) is 0 Å². The summed E-state index contributed by atoms with van der Waals surface area (Å²) in [4.78, 5) is 33.2. The van der Waals surface area contributed by atoms with Crippen LogP contribution < -0.4 is 10.2 Å². The van der Waals surface area contributed by atoms with Crippen LogP contribution in [0.3, 0.4) is 0 Å². The molecule has 1 aliphatic rings. The number of ether oxygens (including phenoxy) is 1. The van der Waals surface area contributed by atoms with Gasteiger partial charge < -0.3 is 19.9 Å². The van der Waals surface area contributed by atoms with E-state index >= 15 is 0 Å². The quantitative estimate of drug-likeness (QED) is 0.691. The number of amides is 2. The zero-order valence-corrected chi connectivity index (χ0v) is 21.5. The third kappa shape index (κ3) is 6.71. The second-order valence-corrected chi connectivity index (χ2v) is 10.3. The van der Waals surface area contributed by atoms with E-state index in [-0.39, 0.29) is 18.4 Å². The Morgan fingerprint density at radius 2 is 1.79 bits per heavy atom. The summed E-state index contributed by atoms with van der Waals surface area (Å²) in [6.07, 6.45) is 1.76. The molecule has 1 aliphatic heterocycles. The first-order valence-electron chi connectivity index (χ1n) is 11.9. The van der Waals surface area contributed by atoms with Gasteiger partial charge >= 0.3 is 6.09 Å². The number of pyridine rings is 1. The standard InChI is InChI=1S/C25H38N6O3/c1-17(2)16-31-19(4)21(18(3)28-31)14-23(32)27-22-9-8-20(15-26-22)29-10-12-30(13-11-29)24(33)34-25(5,6)7/h8-9,15,17H,10-14,16H2,1-7H3,(H,26,27,32). The summed E-state index contributed by atoms with van der Waals surface area (Å²) >= 11 is 0. The van der Waals surface area contributed by atoms with E-state index in [1.807, 2.05) is 51.4 Å². The second-order valence-electron chi connectivity index (χ2n) is 10.3. The Balaban J connectivity index is 1.53. The molecule has 186 valence electrons. The van der Waals surface area contributed by atoms with Gasteiger partial charge in [0.15, 0.2) is 0 Å². The molecule has 1 saturated heterocycles. The highest BCUT2D eigenvalue weighted by atomic mass is 16.6. The highest BCUT2D eigenvalue weighted by Crippen LogP contribution is 2.20. The van der Waals surface area contributed by atoms with Gasteiger partial charge in [-0.2, -0.15) is 5.10 Å². The number of hydrogen-bond donors (Lipinski definition) is 1. The molecule has 0 bridgehead atoms. The van der Waals surface area contributed by atoms with Gasteiger partial charge in [0.25, 0.3) is 0 Å². The summed E-state index contributed by atoms with van der Waals surface area (Å²) in [7, 11) is 0. The third-order valence-electron chi connectivity index (χ3n) is 5.72. The van der Waals surface area contributed by atoms with Crippen molar-refractivity contribution in [3.05, 3.63) is 35.3 Å². The Kier molecular flexibility index (Phi) is 7.84. The minimum atomic E-state index is -0.496. The molecule has 2 amide bonds. The molecule has 0 aromatic carbocycles. The van der Waals surface area contributed by atoms with Crippen LogP contribution in [0.1, 0.15) is 51.6 Å². The Morgan fingerprint density at radius 1 is 1.12 bits per heavy atom. The van der Waals surface area contributed by atoms with Crippen molar-refractivity contribution in [3.8, 4) is 0 Å². The van der Waals surface area contributed by atoms with Gasteiger partial charge in [-0.1, -0.05) is 13.8 Å². The molecule has 3 heterocycles. The molecule has 0 unspecified atom stereocenters. The van der Waals surface area contributed by atoms with E-state index in [0.29, 0.717) is 37.9 Å². The van der Waals surface area contributed by atoms with Crippen molar-refractivity contribution in [1.82, 2.24) is 19.7 Å². The summed E-state index contributed by atoms with van der Waals surface area (Å²) in [5.41, 5.74) is 3.36. The molecule has 3 rings (SSSR count). The minimum absolute atomic E-state index is 0.110. The molecule has 0 aliphatic carbocycles. The van der Waals surface area contributed by atoms with Crippen LogP contribution in [0.15, 0.2) is 18.3 Å². The molecular formula is C25H38N6O3. The van der Waals surface area contributed by atoms with Crippen LogP contribution in [0, 0.1) is 19.8 Å². The first-order chi connectivity index (χ1) is 15.9. The Hall–Kier alpha value is -3.10. The predicted molar refractivity (Wildman–Crippen MR) is 133 cm³/mol. The fraction of sp³-hybridized carbons (Fsp3) is 0.600. The van der Waals surface area contributed by atoms with Gasteiger partial charge in [-0.3, -0.25) is 9.48 Å². The number of nitrogens with zero attached hydrogens (tertiary/aromatic N) is 5. The van der Waals surface area contributed by atoms with E-state index in [0.717, 1.165) is 29.2 Å². The maximum Gasteiger partial charge on any atom is 0.410 e. The van der Waals surface area contributed by atoms with Crippen LogP contribution in [-0.2, 0) is 22.5 Å². The smallest absolute Gasteiger partial charge is 0.410 e. The SMILES string of the molecule is Cc1nn(CC(C)C)c(C)c1CC(=O)Nc1ccc(N2CCN(C(=O)OC(C)(C)C)CC2)cn1. The van der Waals surface area contributed by atoms with Crippen molar-refractivity contribution in [2.45, 2.75) is 67.0 Å². The predicted octanol–water partition coefficient (Wildman–Crippen LogP) is 3.79. The van der Waals surface area contributed by atoms with Crippen molar-refractivity contribution >= 4 is 23.5 Å². The molecule has 34 heavy (non-hydrogen) atoms.